The molecule has 1 aromatic carbocycles. The van der Waals surface area contributed by atoms with E-state index in [9.17, 15) is 4.79 Å². The van der Waals surface area contributed by atoms with Crippen LogP contribution in [0, 0.1) is 0 Å². The Morgan fingerprint density at radius 1 is 1.53 bits per heavy atom. The van der Waals surface area contributed by atoms with Gasteiger partial charge in [0, 0.05) is 6.20 Å². The second kappa shape index (κ2) is 5.29. The number of para-hydroxylation sites is 1. The van der Waals surface area contributed by atoms with E-state index >= 15 is 0 Å². The van der Waals surface area contributed by atoms with Crippen LogP contribution in [-0.4, -0.2) is 16.1 Å². The molecule has 2 aromatic rings. The molecule has 0 aliphatic carbocycles. The first-order valence-electron chi connectivity index (χ1n) is 4.70. The van der Waals surface area contributed by atoms with Gasteiger partial charge in [0.15, 0.2) is 0 Å². The number of ether oxygens (including phenoxy) is 1. The molecule has 0 atom stereocenters. The molecule has 1 N–H and O–H groups in total. The minimum atomic E-state index is -1.01. The number of halogens is 1. The summed E-state index contributed by atoms with van der Waals surface area (Å²) in [6.45, 7) is 0.313. The first-order chi connectivity index (χ1) is 8.18. The lowest BCUT2D eigenvalue weighted by Gasteiger charge is -2.09. The average molecular weight is 314 g/mol. The molecule has 0 saturated heterocycles. The van der Waals surface area contributed by atoms with Gasteiger partial charge in [-0.3, -0.25) is 4.98 Å². The molecule has 2 rings (SSSR count). The number of benzene rings is 1. The third-order valence-corrected chi connectivity index (χ3v) is 3.42. The summed E-state index contributed by atoms with van der Waals surface area (Å²) >= 11 is 4.74. The van der Waals surface area contributed by atoms with Crippen LogP contribution in [0.4, 0.5) is 0 Å². The van der Waals surface area contributed by atoms with Crippen molar-refractivity contribution in [2.45, 2.75) is 6.61 Å². The molecular formula is C11H8BrNO3S. The van der Waals surface area contributed by atoms with Crippen molar-refractivity contribution in [3.63, 3.8) is 0 Å². The molecule has 0 fully saturated rings. The average Bonchev–Trinajstić information content (AvgIpc) is 2.80. The topological polar surface area (TPSA) is 59.4 Å². The Balaban J connectivity index is 2.22. The fraction of sp³-hybridized carbons (Fsp3) is 0.0909. The Labute approximate surface area is 110 Å². The first-order valence-corrected chi connectivity index (χ1v) is 6.37. The summed E-state index contributed by atoms with van der Waals surface area (Å²) < 4.78 is 6.14. The van der Waals surface area contributed by atoms with E-state index in [1.54, 1.807) is 23.8 Å². The molecule has 0 amide bonds. The molecular weight excluding hydrogens is 306 g/mol. The SMILES string of the molecule is O=C(O)c1cccc(Br)c1OCc1cncs1. The van der Waals surface area contributed by atoms with Crippen LogP contribution in [-0.2, 0) is 6.61 Å². The molecule has 88 valence electrons. The molecule has 0 aliphatic rings. The minimum absolute atomic E-state index is 0.142. The van der Waals surface area contributed by atoms with E-state index < -0.39 is 5.97 Å². The van der Waals surface area contributed by atoms with Crippen molar-refractivity contribution in [1.29, 1.82) is 0 Å². The first kappa shape index (κ1) is 12.1. The van der Waals surface area contributed by atoms with Gasteiger partial charge in [-0.15, -0.1) is 11.3 Å². The molecule has 0 saturated carbocycles. The maximum Gasteiger partial charge on any atom is 0.339 e. The second-order valence-electron chi connectivity index (χ2n) is 3.18. The van der Waals surface area contributed by atoms with Crippen molar-refractivity contribution in [2.75, 3.05) is 0 Å². The number of carboxylic acid groups (broad SMARTS) is 1. The van der Waals surface area contributed by atoms with Gasteiger partial charge in [0.25, 0.3) is 0 Å². The van der Waals surface area contributed by atoms with Crippen molar-refractivity contribution in [3.8, 4) is 5.75 Å². The maximum absolute atomic E-state index is 11.0. The van der Waals surface area contributed by atoms with Gasteiger partial charge in [-0.1, -0.05) is 6.07 Å². The fourth-order valence-electron chi connectivity index (χ4n) is 1.28. The van der Waals surface area contributed by atoms with Crippen LogP contribution in [0.15, 0.2) is 34.4 Å². The van der Waals surface area contributed by atoms with Crippen LogP contribution in [0.2, 0.25) is 0 Å². The second-order valence-corrected chi connectivity index (χ2v) is 5.00. The van der Waals surface area contributed by atoms with Gasteiger partial charge in [0.1, 0.15) is 17.9 Å². The number of thiazole rings is 1. The van der Waals surface area contributed by atoms with Gasteiger partial charge >= 0.3 is 5.97 Å². The molecule has 17 heavy (non-hydrogen) atoms. The molecule has 1 aromatic heterocycles. The summed E-state index contributed by atoms with van der Waals surface area (Å²) in [7, 11) is 0. The number of hydrogen-bond acceptors (Lipinski definition) is 4. The monoisotopic (exact) mass is 313 g/mol. The zero-order valence-electron chi connectivity index (χ0n) is 8.59. The van der Waals surface area contributed by atoms with Gasteiger partial charge in [-0.2, -0.15) is 0 Å². The van der Waals surface area contributed by atoms with Crippen LogP contribution >= 0.6 is 27.3 Å². The molecule has 0 unspecified atom stereocenters. The van der Waals surface area contributed by atoms with E-state index in [4.69, 9.17) is 9.84 Å². The zero-order chi connectivity index (χ0) is 12.3. The Hall–Kier alpha value is -1.40. The third-order valence-electron chi connectivity index (χ3n) is 2.04. The van der Waals surface area contributed by atoms with Crippen LogP contribution in [0.25, 0.3) is 0 Å². The van der Waals surface area contributed by atoms with E-state index in [2.05, 4.69) is 20.9 Å². The fourth-order valence-corrected chi connectivity index (χ4v) is 2.27. The summed E-state index contributed by atoms with van der Waals surface area (Å²) in [6, 6.07) is 4.91. The quantitative estimate of drug-likeness (QED) is 0.941. The van der Waals surface area contributed by atoms with Crippen molar-refractivity contribution in [3.05, 3.63) is 44.8 Å². The zero-order valence-corrected chi connectivity index (χ0v) is 11.0. The predicted octanol–water partition coefficient (Wildman–Crippen LogP) is 3.18. The van der Waals surface area contributed by atoms with E-state index in [1.807, 2.05) is 0 Å². The van der Waals surface area contributed by atoms with Crippen molar-refractivity contribution < 1.29 is 14.6 Å². The normalized spacial score (nSPS) is 10.2. The van der Waals surface area contributed by atoms with Gasteiger partial charge in [0.05, 0.1) is 14.9 Å². The van der Waals surface area contributed by atoms with E-state index in [0.29, 0.717) is 16.8 Å². The molecule has 0 radical (unpaired) electrons. The van der Waals surface area contributed by atoms with Crippen LogP contribution in [0.3, 0.4) is 0 Å². The summed E-state index contributed by atoms with van der Waals surface area (Å²) in [5.74, 6) is -0.668. The number of aromatic nitrogens is 1. The number of aromatic carboxylic acids is 1. The van der Waals surface area contributed by atoms with Gasteiger partial charge in [-0.25, -0.2) is 4.79 Å². The Kier molecular flexibility index (Phi) is 3.75. The molecule has 0 aliphatic heterocycles. The summed E-state index contributed by atoms with van der Waals surface area (Å²) in [4.78, 5) is 15.9. The highest BCUT2D eigenvalue weighted by atomic mass is 79.9. The molecule has 0 spiro atoms. The van der Waals surface area contributed by atoms with Crippen molar-refractivity contribution in [1.82, 2.24) is 4.98 Å². The number of rotatable bonds is 4. The smallest absolute Gasteiger partial charge is 0.339 e. The molecule has 1 heterocycles. The van der Waals surface area contributed by atoms with Crippen LogP contribution in [0.1, 0.15) is 15.2 Å². The highest BCUT2D eigenvalue weighted by Gasteiger charge is 2.14. The predicted molar refractivity (Wildman–Crippen MR) is 67.5 cm³/mol. The molecule has 4 nitrogen and oxygen atoms in total. The van der Waals surface area contributed by atoms with Crippen molar-refractivity contribution >= 4 is 33.2 Å². The van der Waals surface area contributed by atoms with E-state index in [-0.39, 0.29) is 5.56 Å². The summed E-state index contributed by atoms with van der Waals surface area (Å²) in [5, 5.41) is 9.04. The van der Waals surface area contributed by atoms with Crippen molar-refractivity contribution in [2.24, 2.45) is 0 Å². The van der Waals surface area contributed by atoms with E-state index in [1.165, 1.54) is 17.4 Å². The lowest BCUT2D eigenvalue weighted by Crippen LogP contribution is -2.03. The van der Waals surface area contributed by atoms with Gasteiger partial charge in [0.2, 0.25) is 0 Å². The highest BCUT2D eigenvalue weighted by Crippen LogP contribution is 2.30. The third kappa shape index (κ3) is 2.83. The van der Waals surface area contributed by atoms with Crippen LogP contribution in [0.5, 0.6) is 5.75 Å². The minimum Gasteiger partial charge on any atom is -0.486 e. The molecule has 6 heteroatoms. The standard InChI is InChI=1S/C11H8BrNO3S/c12-9-3-1-2-8(11(14)15)10(9)16-5-7-4-13-6-17-7/h1-4,6H,5H2,(H,14,15). The lowest BCUT2D eigenvalue weighted by atomic mass is 10.2. The number of carboxylic acids is 1. The van der Waals surface area contributed by atoms with Gasteiger partial charge in [-0.05, 0) is 28.1 Å². The number of hydrogen-bond donors (Lipinski definition) is 1. The number of carbonyl (C=O) groups is 1. The Morgan fingerprint density at radius 3 is 3.00 bits per heavy atom. The largest absolute Gasteiger partial charge is 0.486 e. The molecule has 0 bridgehead atoms. The Bertz CT molecular complexity index is 528. The lowest BCUT2D eigenvalue weighted by molar-refractivity contribution is 0.0691. The van der Waals surface area contributed by atoms with Crippen LogP contribution < -0.4 is 4.74 Å². The maximum atomic E-state index is 11.0. The van der Waals surface area contributed by atoms with Gasteiger partial charge < -0.3 is 9.84 Å². The number of nitrogens with zero attached hydrogens (tertiary/aromatic N) is 1. The summed E-state index contributed by atoms with van der Waals surface area (Å²) in [5.41, 5.74) is 1.85. The van der Waals surface area contributed by atoms with E-state index in [0.717, 1.165) is 4.88 Å². The summed E-state index contributed by atoms with van der Waals surface area (Å²) in [6.07, 6.45) is 1.70. The Morgan fingerprint density at radius 2 is 2.35 bits per heavy atom. The highest BCUT2D eigenvalue weighted by molar-refractivity contribution is 9.10.